The lowest BCUT2D eigenvalue weighted by Gasteiger charge is -2.33. The standard InChI is InChI=1S/C19H20FN5O2/c1-10-2-3-11(7-21)17(20)16(10)19(26)23-12-4-5-14-13(6-12)18(25-24-14)15-8-22-9-27-15/h2-3,8-9,12-14,18,24-25H,4-6H2,1H3,(H,23,26). The van der Waals surface area contributed by atoms with Crippen LogP contribution in [-0.2, 0) is 0 Å². The zero-order valence-electron chi connectivity index (χ0n) is 14.8. The van der Waals surface area contributed by atoms with E-state index in [0.717, 1.165) is 25.0 Å². The third-order valence-corrected chi connectivity index (χ3v) is 5.54. The van der Waals surface area contributed by atoms with Gasteiger partial charge in [-0.1, -0.05) is 6.07 Å². The summed E-state index contributed by atoms with van der Waals surface area (Å²) in [5.41, 5.74) is 6.88. The van der Waals surface area contributed by atoms with Crippen LogP contribution >= 0.6 is 0 Å². The molecule has 2 aromatic rings. The van der Waals surface area contributed by atoms with Crippen LogP contribution in [0.25, 0.3) is 0 Å². The molecule has 0 radical (unpaired) electrons. The van der Waals surface area contributed by atoms with Gasteiger partial charge in [0.05, 0.1) is 23.4 Å². The number of nitrogens with zero attached hydrogens (tertiary/aromatic N) is 2. The minimum absolute atomic E-state index is 0.0161. The molecular weight excluding hydrogens is 349 g/mol. The van der Waals surface area contributed by atoms with Crippen molar-refractivity contribution in [3.05, 3.63) is 53.0 Å². The monoisotopic (exact) mass is 369 g/mol. The van der Waals surface area contributed by atoms with Gasteiger partial charge in [0.15, 0.2) is 12.2 Å². The quantitative estimate of drug-likeness (QED) is 0.766. The number of hydrogen-bond acceptors (Lipinski definition) is 6. The number of rotatable bonds is 3. The number of nitrogens with one attached hydrogen (secondary N) is 3. The Morgan fingerprint density at radius 3 is 3.00 bits per heavy atom. The molecule has 8 heteroatoms. The van der Waals surface area contributed by atoms with E-state index in [-0.39, 0.29) is 35.2 Å². The Balaban J connectivity index is 1.49. The smallest absolute Gasteiger partial charge is 0.254 e. The van der Waals surface area contributed by atoms with Gasteiger partial charge in [0, 0.05) is 18.0 Å². The van der Waals surface area contributed by atoms with Crippen molar-refractivity contribution in [1.29, 1.82) is 5.26 Å². The van der Waals surface area contributed by atoms with E-state index in [1.807, 2.05) is 0 Å². The van der Waals surface area contributed by atoms with E-state index < -0.39 is 11.7 Å². The number of hydrogen-bond donors (Lipinski definition) is 3. The van der Waals surface area contributed by atoms with Gasteiger partial charge in [-0.15, -0.1) is 0 Å². The van der Waals surface area contributed by atoms with E-state index in [4.69, 9.17) is 9.68 Å². The van der Waals surface area contributed by atoms with E-state index in [2.05, 4.69) is 21.2 Å². The first-order chi connectivity index (χ1) is 13.1. The number of aryl methyl sites for hydroxylation is 1. The normalized spacial score (nSPS) is 27.0. The summed E-state index contributed by atoms with van der Waals surface area (Å²) in [6, 6.07) is 4.97. The summed E-state index contributed by atoms with van der Waals surface area (Å²) in [5, 5.41) is 12.0. The van der Waals surface area contributed by atoms with Crippen molar-refractivity contribution in [3.63, 3.8) is 0 Å². The van der Waals surface area contributed by atoms with Crippen LogP contribution in [0.15, 0.2) is 29.1 Å². The molecule has 27 heavy (non-hydrogen) atoms. The first kappa shape index (κ1) is 17.6. The minimum atomic E-state index is -0.757. The van der Waals surface area contributed by atoms with Crippen molar-refractivity contribution in [2.24, 2.45) is 5.92 Å². The summed E-state index contributed by atoms with van der Waals surface area (Å²) in [7, 11) is 0. The molecule has 7 nitrogen and oxygen atoms in total. The van der Waals surface area contributed by atoms with Crippen molar-refractivity contribution in [2.45, 2.75) is 44.3 Å². The topological polar surface area (TPSA) is 103 Å². The van der Waals surface area contributed by atoms with E-state index in [9.17, 15) is 9.18 Å². The highest BCUT2D eigenvalue weighted by Crippen LogP contribution is 2.38. The molecule has 0 spiro atoms. The van der Waals surface area contributed by atoms with Gasteiger partial charge < -0.3 is 9.73 Å². The molecule has 1 saturated heterocycles. The lowest BCUT2D eigenvalue weighted by molar-refractivity contribution is 0.0909. The van der Waals surface area contributed by atoms with Crippen LogP contribution in [0.2, 0.25) is 0 Å². The number of carbonyl (C=O) groups excluding carboxylic acids is 1. The first-order valence-electron chi connectivity index (χ1n) is 8.98. The predicted molar refractivity (Wildman–Crippen MR) is 93.8 cm³/mol. The number of oxazole rings is 1. The number of benzene rings is 1. The van der Waals surface area contributed by atoms with Crippen molar-refractivity contribution in [1.82, 2.24) is 21.2 Å². The zero-order valence-corrected chi connectivity index (χ0v) is 14.8. The van der Waals surface area contributed by atoms with Crippen molar-refractivity contribution < 1.29 is 13.6 Å². The molecule has 4 atom stereocenters. The Morgan fingerprint density at radius 1 is 1.41 bits per heavy atom. The van der Waals surface area contributed by atoms with Crippen LogP contribution < -0.4 is 16.2 Å². The Morgan fingerprint density at radius 2 is 2.26 bits per heavy atom. The number of fused-ring (bicyclic) bond motifs is 1. The minimum Gasteiger partial charge on any atom is -0.447 e. The highest BCUT2D eigenvalue weighted by molar-refractivity contribution is 5.96. The number of aromatic nitrogens is 1. The van der Waals surface area contributed by atoms with Crippen LogP contribution in [0.5, 0.6) is 0 Å². The fourth-order valence-corrected chi connectivity index (χ4v) is 4.14. The Bertz CT molecular complexity index is 892. The predicted octanol–water partition coefficient (Wildman–Crippen LogP) is 2.11. The summed E-state index contributed by atoms with van der Waals surface area (Å²) in [4.78, 5) is 16.7. The second kappa shape index (κ2) is 7.10. The molecule has 140 valence electrons. The molecule has 0 bridgehead atoms. The zero-order chi connectivity index (χ0) is 19.0. The molecule has 4 rings (SSSR count). The summed E-state index contributed by atoms with van der Waals surface area (Å²) >= 11 is 0. The SMILES string of the molecule is Cc1ccc(C#N)c(F)c1C(=O)NC1CCC2NNC(c3cnco3)C2C1. The van der Waals surface area contributed by atoms with Crippen LogP contribution in [0.4, 0.5) is 4.39 Å². The molecule has 2 fully saturated rings. The van der Waals surface area contributed by atoms with E-state index in [1.54, 1.807) is 25.3 Å². The average Bonchev–Trinajstić information content (AvgIpc) is 3.31. The van der Waals surface area contributed by atoms with Gasteiger partial charge in [-0.25, -0.2) is 14.8 Å². The highest BCUT2D eigenvalue weighted by Gasteiger charge is 2.42. The number of halogens is 1. The second-order valence-corrected chi connectivity index (χ2v) is 7.15. The molecule has 1 aromatic carbocycles. The van der Waals surface area contributed by atoms with Gasteiger partial charge in [-0.3, -0.25) is 10.2 Å². The van der Waals surface area contributed by atoms with E-state index in [1.165, 1.54) is 12.5 Å². The van der Waals surface area contributed by atoms with Crippen molar-refractivity contribution in [2.75, 3.05) is 0 Å². The molecule has 1 aromatic heterocycles. The van der Waals surface area contributed by atoms with Gasteiger partial charge in [-0.2, -0.15) is 5.26 Å². The summed E-state index contributed by atoms with van der Waals surface area (Å²) < 4.78 is 19.9. The average molecular weight is 369 g/mol. The maximum Gasteiger partial charge on any atom is 0.254 e. The fraction of sp³-hybridized carbons (Fsp3) is 0.421. The third kappa shape index (κ3) is 3.20. The highest BCUT2D eigenvalue weighted by atomic mass is 19.1. The molecule has 3 N–H and O–H groups in total. The number of hydrazine groups is 1. The fourth-order valence-electron chi connectivity index (χ4n) is 4.14. The number of carbonyl (C=O) groups is 1. The van der Waals surface area contributed by atoms with E-state index >= 15 is 0 Å². The van der Waals surface area contributed by atoms with Crippen LogP contribution in [0.1, 0.15) is 52.5 Å². The van der Waals surface area contributed by atoms with Crippen molar-refractivity contribution in [3.8, 4) is 6.07 Å². The van der Waals surface area contributed by atoms with Gasteiger partial charge in [0.2, 0.25) is 0 Å². The molecule has 2 aliphatic rings. The largest absolute Gasteiger partial charge is 0.447 e. The number of nitriles is 1. The molecule has 2 heterocycles. The van der Waals surface area contributed by atoms with Crippen LogP contribution in [0, 0.1) is 30.0 Å². The molecule has 4 unspecified atom stereocenters. The summed E-state index contributed by atoms with van der Waals surface area (Å²) in [6.45, 7) is 1.67. The van der Waals surface area contributed by atoms with Gasteiger partial charge >= 0.3 is 0 Å². The van der Waals surface area contributed by atoms with Crippen LogP contribution in [0.3, 0.4) is 0 Å². The molecule has 1 aliphatic heterocycles. The van der Waals surface area contributed by atoms with Crippen LogP contribution in [-0.4, -0.2) is 23.0 Å². The Hall–Kier alpha value is -2.76. The maximum atomic E-state index is 14.5. The molecule has 1 amide bonds. The molecule has 1 saturated carbocycles. The third-order valence-electron chi connectivity index (χ3n) is 5.54. The van der Waals surface area contributed by atoms with Crippen molar-refractivity contribution >= 4 is 5.91 Å². The summed E-state index contributed by atoms with van der Waals surface area (Å²) in [6.07, 6.45) is 5.51. The lowest BCUT2D eigenvalue weighted by Crippen LogP contribution is -2.44. The molecule has 1 aliphatic carbocycles. The van der Waals surface area contributed by atoms with E-state index in [0.29, 0.717) is 5.56 Å². The Labute approximate surface area is 155 Å². The van der Waals surface area contributed by atoms with Gasteiger partial charge in [0.25, 0.3) is 5.91 Å². The van der Waals surface area contributed by atoms with Gasteiger partial charge in [0.1, 0.15) is 11.8 Å². The maximum absolute atomic E-state index is 14.5. The summed E-state index contributed by atoms with van der Waals surface area (Å²) in [5.74, 6) is -0.243. The lowest BCUT2D eigenvalue weighted by atomic mass is 9.78. The first-order valence-corrected chi connectivity index (χ1v) is 8.98. The Kier molecular flexibility index (Phi) is 4.64. The second-order valence-electron chi connectivity index (χ2n) is 7.15. The molecular formula is C19H20FN5O2. The van der Waals surface area contributed by atoms with Gasteiger partial charge in [-0.05, 0) is 37.8 Å². The number of amides is 1.